The lowest BCUT2D eigenvalue weighted by molar-refractivity contribution is 0.512. The normalized spacial score (nSPS) is 12.7. The Hall–Kier alpha value is -0.890. The van der Waals surface area contributed by atoms with Crippen LogP contribution in [0.15, 0.2) is 24.5 Å². The molecule has 0 aliphatic heterocycles. The first kappa shape index (κ1) is 11.2. The zero-order chi connectivity index (χ0) is 10.2. The molecule has 1 unspecified atom stereocenters. The van der Waals surface area contributed by atoms with Gasteiger partial charge in [0.2, 0.25) is 0 Å². The first-order valence-electron chi connectivity index (χ1n) is 5.45. The third-order valence-corrected chi connectivity index (χ3v) is 2.35. The SMILES string of the molecule is CCCC(C)NCCc1cccnc1. The van der Waals surface area contributed by atoms with E-state index in [2.05, 4.69) is 30.2 Å². The summed E-state index contributed by atoms with van der Waals surface area (Å²) < 4.78 is 0. The summed E-state index contributed by atoms with van der Waals surface area (Å²) in [4.78, 5) is 4.09. The second-order valence-corrected chi connectivity index (χ2v) is 3.76. The van der Waals surface area contributed by atoms with Crippen molar-refractivity contribution >= 4 is 0 Å². The van der Waals surface area contributed by atoms with Gasteiger partial charge in [-0.15, -0.1) is 0 Å². The van der Waals surface area contributed by atoms with Crippen LogP contribution >= 0.6 is 0 Å². The van der Waals surface area contributed by atoms with Crippen LogP contribution in [0.1, 0.15) is 32.3 Å². The molecule has 0 aliphatic carbocycles. The van der Waals surface area contributed by atoms with Gasteiger partial charge in [-0.05, 0) is 37.9 Å². The lowest BCUT2D eigenvalue weighted by Crippen LogP contribution is -2.27. The zero-order valence-corrected chi connectivity index (χ0v) is 9.16. The molecular formula is C12H20N2. The Kier molecular flexibility index (Phi) is 5.23. The molecule has 0 saturated heterocycles. The minimum atomic E-state index is 0.636. The Morgan fingerprint density at radius 2 is 2.36 bits per heavy atom. The molecule has 0 radical (unpaired) electrons. The van der Waals surface area contributed by atoms with E-state index in [9.17, 15) is 0 Å². The van der Waals surface area contributed by atoms with E-state index in [1.165, 1.54) is 18.4 Å². The van der Waals surface area contributed by atoms with Gasteiger partial charge in [0.15, 0.2) is 0 Å². The topological polar surface area (TPSA) is 24.9 Å². The van der Waals surface area contributed by atoms with Crippen molar-refractivity contribution in [2.24, 2.45) is 0 Å². The molecule has 1 aromatic heterocycles. The van der Waals surface area contributed by atoms with E-state index in [4.69, 9.17) is 0 Å². The second kappa shape index (κ2) is 6.55. The maximum Gasteiger partial charge on any atom is 0.0300 e. The molecule has 1 atom stereocenters. The van der Waals surface area contributed by atoms with Crippen LogP contribution in [0.2, 0.25) is 0 Å². The third-order valence-electron chi connectivity index (χ3n) is 2.35. The van der Waals surface area contributed by atoms with E-state index in [0.717, 1.165) is 13.0 Å². The zero-order valence-electron chi connectivity index (χ0n) is 9.16. The van der Waals surface area contributed by atoms with Crippen molar-refractivity contribution in [3.05, 3.63) is 30.1 Å². The molecule has 78 valence electrons. The van der Waals surface area contributed by atoms with Crippen LogP contribution in [0, 0.1) is 0 Å². The Labute approximate surface area is 86.8 Å². The molecule has 2 heteroatoms. The van der Waals surface area contributed by atoms with E-state index >= 15 is 0 Å². The predicted octanol–water partition coefficient (Wildman–Crippen LogP) is 2.40. The van der Waals surface area contributed by atoms with Crippen LogP contribution in [-0.4, -0.2) is 17.6 Å². The van der Waals surface area contributed by atoms with Crippen molar-refractivity contribution in [1.82, 2.24) is 10.3 Å². The highest BCUT2D eigenvalue weighted by molar-refractivity contribution is 5.08. The summed E-state index contributed by atoms with van der Waals surface area (Å²) in [5.41, 5.74) is 1.31. The summed E-state index contributed by atoms with van der Waals surface area (Å²) in [7, 11) is 0. The van der Waals surface area contributed by atoms with Crippen LogP contribution in [0.4, 0.5) is 0 Å². The first-order chi connectivity index (χ1) is 6.83. The van der Waals surface area contributed by atoms with Crippen LogP contribution in [0.3, 0.4) is 0 Å². The predicted molar refractivity (Wildman–Crippen MR) is 60.3 cm³/mol. The highest BCUT2D eigenvalue weighted by Gasteiger charge is 1.98. The van der Waals surface area contributed by atoms with Crippen LogP contribution in [-0.2, 0) is 6.42 Å². The number of nitrogens with one attached hydrogen (secondary N) is 1. The summed E-state index contributed by atoms with van der Waals surface area (Å²) in [5.74, 6) is 0. The van der Waals surface area contributed by atoms with E-state index in [-0.39, 0.29) is 0 Å². The number of hydrogen-bond acceptors (Lipinski definition) is 2. The second-order valence-electron chi connectivity index (χ2n) is 3.76. The summed E-state index contributed by atoms with van der Waals surface area (Å²) >= 11 is 0. The van der Waals surface area contributed by atoms with Gasteiger partial charge in [0.25, 0.3) is 0 Å². The Morgan fingerprint density at radius 1 is 1.50 bits per heavy atom. The number of nitrogens with zero attached hydrogens (tertiary/aromatic N) is 1. The molecule has 2 nitrogen and oxygen atoms in total. The van der Waals surface area contributed by atoms with Gasteiger partial charge in [0, 0.05) is 18.4 Å². The molecule has 0 aliphatic rings. The fourth-order valence-electron chi connectivity index (χ4n) is 1.54. The van der Waals surface area contributed by atoms with Gasteiger partial charge < -0.3 is 5.32 Å². The van der Waals surface area contributed by atoms with E-state index in [0.29, 0.717) is 6.04 Å². The maximum atomic E-state index is 4.09. The minimum absolute atomic E-state index is 0.636. The number of aromatic nitrogens is 1. The molecule has 0 spiro atoms. The molecule has 1 rings (SSSR count). The average Bonchev–Trinajstić information content (AvgIpc) is 2.20. The Balaban J connectivity index is 2.16. The van der Waals surface area contributed by atoms with Gasteiger partial charge in [0.1, 0.15) is 0 Å². The number of pyridine rings is 1. The lowest BCUT2D eigenvalue weighted by Gasteiger charge is -2.11. The van der Waals surface area contributed by atoms with Crippen molar-refractivity contribution in [1.29, 1.82) is 0 Å². The van der Waals surface area contributed by atoms with E-state index in [1.54, 1.807) is 0 Å². The van der Waals surface area contributed by atoms with E-state index < -0.39 is 0 Å². The molecule has 0 fully saturated rings. The van der Waals surface area contributed by atoms with E-state index in [1.807, 2.05) is 18.5 Å². The fraction of sp³-hybridized carbons (Fsp3) is 0.583. The van der Waals surface area contributed by atoms with Crippen LogP contribution in [0.25, 0.3) is 0 Å². The summed E-state index contributed by atoms with van der Waals surface area (Å²) in [5, 5.41) is 3.50. The summed E-state index contributed by atoms with van der Waals surface area (Å²) in [6.45, 7) is 5.51. The smallest absolute Gasteiger partial charge is 0.0300 e. The van der Waals surface area contributed by atoms with Gasteiger partial charge >= 0.3 is 0 Å². The van der Waals surface area contributed by atoms with Crippen molar-refractivity contribution in [2.45, 2.75) is 39.2 Å². The molecule has 14 heavy (non-hydrogen) atoms. The Morgan fingerprint density at radius 3 is 3.00 bits per heavy atom. The molecule has 0 aromatic carbocycles. The van der Waals surface area contributed by atoms with Gasteiger partial charge in [-0.3, -0.25) is 4.98 Å². The van der Waals surface area contributed by atoms with Crippen LogP contribution in [0.5, 0.6) is 0 Å². The largest absolute Gasteiger partial charge is 0.314 e. The molecule has 1 heterocycles. The maximum absolute atomic E-state index is 4.09. The van der Waals surface area contributed by atoms with Gasteiger partial charge in [-0.25, -0.2) is 0 Å². The Bertz CT molecular complexity index is 233. The van der Waals surface area contributed by atoms with Gasteiger partial charge in [-0.1, -0.05) is 19.4 Å². The third kappa shape index (κ3) is 4.38. The average molecular weight is 192 g/mol. The highest BCUT2D eigenvalue weighted by atomic mass is 14.9. The number of rotatable bonds is 6. The molecule has 1 N–H and O–H groups in total. The number of hydrogen-bond donors (Lipinski definition) is 1. The van der Waals surface area contributed by atoms with Crippen molar-refractivity contribution in [3.63, 3.8) is 0 Å². The fourth-order valence-corrected chi connectivity index (χ4v) is 1.54. The molecule has 0 amide bonds. The monoisotopic (exact) mass is 192 g/mol. The van der Waals surface area contributed by atoms with Crippen molar-refractivity contribution in [3.8, 4) is 0 Å². The standard InChI is InChI=1S/C12H20N2/c1-3-5-11(2)14-9-7-12-6-4-8-13-10-12/h4,6,8,10-11,14H,3,5,7,9H2,1-2H3. The molecule has 0 bridgehead atoms. The van der Waals surface area contributed by atoms with Crippen molar-refractivity contribution in [2.75, 3.05) is 6.54 Å². The molecular weight excluding hydrogens is 172 g/mol. The summed E-state index contributed by atoms with van der Waals surface area (Å²) in [6, 6.07) is 4.75. The highest BCUT2D eigenvalue weighted by Crippen LogP contribution is 1.98. The van der Waals surface area contributed by atoms with Crippen LogP contribution < -0.4 is 5.32 Å². The van der Waals surface area contributed by atoms with Gasteiger partial charge in [0.05, 0.1) is 0 Å². The molecule has 0 saturated carbocycles. The van der Waals surface area contributed by atoms with Gasteiger partial charge in [-0.2, -0.15) is 0 Å². The first-order valence-corrected chi connectivity index (χ1v) is 5.45. The lowest BCUT2D eigenvalue weighted by atomic mass is 10.1. The minimum Gasteiger partial charge on any atom is -0.314 e. The van der Waals surface area contributed by atoms with Crippen molar-refractivity contribution < 1.29 is 0 Å². The molecule has 1 aromatic rings. The quantitative estimate of drug-likeness (QED) is 0.748. The summed E-state index contributed by atoms with van der Waals surface area (Å²) in [6.07, 6.45) is 7.33.